The number of carbonyl (C=O) groups excluding carboxylic acids is 1. The van der Waals surface area contributed by atoms with Gasteiger partial charge in [0.2, 0.25) is 5.91 Å². The maximum absolute atomic E-state index is 11.6. The molecule has 2 rings (SSSR count). The molecule has 100 valence electrons. The number of nitrogens with zero attached hydrogens (tertiary/aromatic N) is 3. The van der Waals surface area contributed by atoms with Crippen molar-refractivity contribution in [1.82, 2.24) is 24.8 Å². The number of H-pyrrole nitrogens is 1. The average molecular weight is 280 g/mol. The molecule has 0 spiro atoms. The Bertz CT molecular complexity index is 613. The molecular weight excluding hydrogens is 266 g/mol. The lowest BCUT2D eigenvalue weighted by Gasteiger charge is -2.02. The van der Waals surface area contributed by atoms with Crippen molar-refractivity contribution in [1.29, 1.82) is 0 Å². The zero-order valence-corrected chi connectivity index (χ0v) is 11.4. The number of hydrogen-bond donors (Lipinski definition) is 2. The molecule has 2 N–H and O–H groups in total. The Hall–Kier alpha value is -2.08. The van der Waals surface area contributed by atoms with E-state index in [0.717, 1.165) is 5.69 Å². The molecule has 1 amide bonds. The average Bonchev–Trinajstić information content (AvgIpc) is 2.93. The zero-order chi connectivity index (χ0) is 13.8. The molecule has 0 unspecified atom stereocenters. The Kier molecular flexibility index (Phi) is 4.01. The summed E-state index contributed by atoms with van der Waals surface area (Å²) in [6, 6.07) is 0. The molecule has 0 radical (unpaired) electrons. The van der Waals surface area contributed by atoms with Crippen molar-refractivity contribution in [2.24, 2.45) is 7.05 Å². The molecule has 2 aromatic heterocycles. The van der Waals surface area contributed by atoms with Gasteiger partial charge in [0.15, 0.2) is 0 Å². The summed E-state index contributed by atoms with van der Waals surface area (Å²) in [5, 5.41) is 3.25. The van der Waals surface area contributed by atoms with Gasteiger partial charge in [-0.25, -0.2) is 9.97 Å². The molecule has 2 heterocycles. The Labute approximate surface area is 115 Å². The van der Waals surface area contributed by atoms with E-state index in [9.17, 15) is 4.79 Å². The van der Waals surface area contributed by atoms with E-state index in [-0.39, 0.29) is 5.91 Å². The first-order valence-corrected chi connectivity index (χ1v) is 6.07. The highest BCUT2D eigenvalue weighted by Gasteiger charge is 2.05. The largest absolute Gasteiger partial charge is 0.345 e. The lowest BCUT2D eigenvalue weighted by Crippen LogP contribution is -2.22. The molecule has 7 heteroatoms. The van der Waals surface area contributed by atoms with E-state index < -0.39 is 0 Å². The van der Waals surface area contributed by atoms with Gasteiger partial charge in [0.1, 0.15) is 16.8 Å². The van der Waals surface area contributed by atoms with E-state index >= 15 is 0 Å². The summed E-state index contributed by atoms with van der Waals surface area (Å²) >= 11 is 5.85. The summed E-state index contributed by atoms with van der Waals surface area (Å²) in [6.45, 7) is 2.22. The molecule has 0 bridgehead atoms. The fourth-order valence-electron chi connectivity index (χ4n) is 1.49. The molecule has 0 aliphatic heterocycles. The molecule has 0 atom stereocenters. The van der Waals surface area contributed by atoms with Gasteiger partial charge in [-0.1, -0.05) is 11.6 Å². The molecule has 19 heavy (non-hydrogen) atoms. The standard InChI is InChI=1S/C12H14ClN5O/c1-8-5-14-10(17-8)3-4-12(19)16-7-11-15-6-9(13)18(11)2/h3-6H,7H2,1-2H3,(H,14,17)(H,16,19)/b4-3+. The summed E-state index contributed by atoms with van der Waals surface area (Å²) in [4.78, 5) is 22.8. The lowest BCUT2D eigenvalue weighted by molar-refractivity contribution is -0.116. The fourth-order valence-corrected chi connectivity index (χ4v) is 1.63. The monoisotopic (exact) mass is 279 g/mol. The quantitative estimate of drug-likeness (QED) is 0.832. The van der Waals surface area contributed by atoms with Gasteiger partial charge >= 0.3 is 0 Å². The molecule has 2 aromatic rings. The highest BCUT2D eigenvalue weighted by atomic mass is 35.5. The first-order chi connectivity index (χ1) is 9.06. The van der Waals surface area contributed by atoms with Crippen molar-refractivity contribution in [3.8, 4) is 0 Å². The summed E-state index contributed by atoms with van der Waals surface area (Å²) in [5.74, 6) is 1.13. The minimum Gasteiger partial charge on any atom is -0.345 e. The molecule has 0 fully saturated rings. The van der Waals surface area contributed by atoms with Crippen LogP contribution in [0.4, 0.5) is 0 Å². The number of hydrogen-bond acceptors (Lipinski definition) is 3. The van der Waals surface area contributed by atoms with E-state index in [2.05, 4.69) is 20.3 Å². The number of imidazole rings is 2. The Balaban J connectivity index is 1.88. The van der Waals surface area contributed by atoms with Gasteiger partial charge in [-0.15, -0.1) is 0 Å². The summed E-state index contributed by atoms with van der Waals surface area (Å²) in [7, 11) is 1.79. The number of aromatic amines is 1. The van der Waals surface area contributed by atoms with Gasteiger partial charge in [-0.05, 0) is 13.0 Å². The van der Waals surface area contributed by atoms with E-state index in [4.69, 9.17) is 11.6 Å². The predicted octanol–water partition coefficient (Wildman–Crippen LogP) is 1.43. The topological polar surface area (TPSA) is 75.6 Å². The maximum Gasteiger partial charge on any atom is 0.244 e. The molecule has 0 aliphatic rings. The minimum atomic E-state index is -0.215. The van der Waals surface area contributed by atoms with E-state index in [1.54, 1.807) is 30.1 Å². The first kappa shape index (κ1) is 13.4. The highest BCUT2D eigenvalue weighted by molar-refractivity contribution is 6.29. The Morgan fingerprint density at radius 3 is 2.89 bits per heavy atom. The third kappa shape index (κ3) is 3.45. The molecule has 0 aromatic carbocycles. The van der Waals surface area contributed by atoms with Crippen molar-refractivity contribution in [2.45, 2.75) is 13.5 Å². The minimum absolute atomic E-state index is 0.215. The van der Waals surface area contributed by atoms with E-state index in [1.807, 2.05) is 6.92 Å². The van der Waals surface area contributed by atoms with Crippen molar-refractivity contribution in [2.75, 3.05) is 0 Å². The van der Waals surface area contributed by atoms with Crippen LogP contribution in [0.25, 0.3) is 6.08 Å². The second kappa shape index (κ2) is 5.71. The maximum atomic E-state index is 11.6. The van der Waals surface area contributed by atoms with Crippen LogP contribution in [0.1, 0.15) is 17.3 Å². The van der Waals surface area contributed by atoms with Crippen LogP contribution in [0.2, 0.25) is 5.15 Å². The van der Waals surface area contributed by atoms with Gasteiger partial charge in [-0.3, -0.25) is 4.79 Å². The Morgan fingerprint density at radius 2 is 2.32 bits per heavy atom. The number of rotatable bonds is 4. The smallest absolute Gasteiger partial charge is 0.244 e. The highest BCUT2D eigenvalue weighted by Crippen LogP contribution is 2.08. The first-order valence-electron chi connectivity index (χ1n) is 5.70. The molecule has 0 saturated carbocycles. The van der Waals surface area contributed by atoms with Gasteiger partial charge in [0, 0.05) is 25.0 Å². The van der Waals surface area contributed by atoms with Crippen molar-refractivity contribution in [3.63, 3.8) is 0 Å². The summed E-state index contributed by atoms with van der Waals surface area (Å²) < 4.78 is 1.71. The second-order valence-electron chi connectivity index (χ2n) is 4.06. The summed E-state index contributed by atoms with van der Waals surface area (Å²) in [5.41, 5.74) is 0.947. The fraction of sp³-hybridized carbons (Fsp3) is 0.250. The van der Waals surface area contributed by atoms with Gasteiger partial charge in [-0.2, -0.15) is 0 Å². The van der Waals surface area contributed by atoms with Gasteiger partial charge in [0.05, 0.1) is 12.7 Å². The van der Waals surface area contributed by atoms with Gasteiger partial charge in [0.25, 0.3) is 0 Å². The SMILES string of the molecule is Cc1cnc(/C=C/C(=O)NCc2ncc(Cl)n2C)[nH]1. The normalized spacial score (nSPS) is 11.1. The number of amides is 1. The van der Waals surface area contributed by atoms with Crippen LogP contribution in [0.15, 0.2) is 18.5 Å². The summed E-state index contributed by atoms with van der Waals surface area (Å²) in [6.07, 6.45) is 6.29. The van der Waals surface area contributed by atoms with Crippen LogP contribution in [-0.2, 0) is 18.4 Å². The van der Waals surface area contributed by atoms with Crippen LogP contribution < -0.4 is 5.32 Å². The predicted molar refractivity (Wildman–Crippen MR) is 72.4 cm³/mol. The van der Waals surface area contributed by atoms with Crippen LogP contribution >= 0.6 is 11.6 Å². The number of aromatic nitrogens is 4. The number of nitrogens with one attached hydrogen (secondary N) is 2. The third-order valence-corrected chi connectivity index (χ3v) is 2.91. The number of aryl methyl sites for hydroxylation is 1. The second-order valence-corrected chi connectivity index (χ2v) is 4.45. The van der Waals surface area contributed by atoms with Crippen LogP contribution in [-0.4, -0.2) is 25.4 Å². The van der Waals surface area contributed by atoms with Crippen LogP contribution in [0.3, 0.4) is 0 Å². The third-order valence-electron chi connectivity index (χ3n) is 2.56. The van der Waals surface area contributed by atoms with Gasteiger partial charge < -0.3 is 14.9 Å². The van der Waals surface area contributed by atoms with E-state index in [1.165, 1.54) is 6.08 Å². The molecule has 0 aliphatic carbocycles. The number of carbonyl (C=O) groups is 1. The van der Waals surface area contributed by atoms with Crippen molar-refractivity contribution < 1.29 is 4.79 Å². The Morgan fingerprint density at radius 1 is 1.53 bits per heavy atom. The van der Waals surface area contributed by atoms with Crippen LogP contribution in [0.5, 0.6) is 0 Å². The zero-order valence-electron chi connectivity index (χ0n) is 10.6. The van der Waals surface area contributed by atoms with E-state index in [0.29, 0.717) is 23.3 Å². The molecule has 0 saturated heterocycles. The molecule has 6 nitrogen and oxygen atoms in total. The van der Waals surface area contributed by atoms with Crippen LogP contribution in [0, 0.1) is 6.92 Å². The number of halogens is 1. The lowest BCUT2D eigenvalue weighted by atomic mass is 10.4. The van der Waals surface area contributed by atoms with Crippen molar-refractivity contribution in [3.05, 3.63) is 41.0 Å². The van der Waals surface area contributed by atoms with Crippen molar-refractivity contribution >= 4 is 23.6 Å². The molecular formula is C12H14ClN5O.